The predicted octanol–water partition coefficient (Wildman–Crippen LogP) is 4.09. The first-order chi connectivity index (χ1) is 7.54. The first kappa shape index (κ1) is 13.6. The highest BCUT2D eigenvalue weighted by Gasteiger charge is 2.11. The van der Waals surface area contributed by atoms with E-state index in [0.29, 0.717) is 5.02 Å². The van der Waals surface area contributed by atoms with E-state index in [0.717, 1.165) is 29.1 Å². The van der Waals surface area contributed by atoms with Crippen molar-refractivity contribution in [2.45, 2.75) is 26.3 Å². The molecule has 3 heteroatoms. The number of benzene rings is 1. The second kappa shape index (κ2) is 6.29. The number of nitrogens with one attached hydrogen (secondary N) is 1. The summed E-state index contributed by atoms with van der Waals surface area (Å²) in [5.41, 5.74) is 2.22. The molecule has 0 radical (unpaired) electrons. The highest BCUT2D eigenvalue weighted by atomic mass is 35.5. The Morgan fingerprint density at radius 3 is 2.62 bits per heavy atom. The number of likely N-dealkylation sites (N-methyl/N-ethyl adjacent to an activating group) is 1. The molecule has 0 bridgehead atoms. The van der Waals surface area contributed by atoms with Crippen molar-refractivity contribution in [3.05, 3.63) is 46.0 Å². The summed E-state index contributed by atoms with van der Waals surface area (Å²) < 4.78 is 0. The monoisotopic (exact) mass is 257 g/mol. The summed E-state index contributed by atoms with van der Waals surface area (Å²) in [5, 5.41) is 4.77. The van der Waals surface area contributed by atoms with Crippen molar-refractivity contribution in [3.63, 3.8) is 0 Å². The van der Waals surface area contributed by atoms with Crippen LogP contribution in [0.4, 0.5) is 0 Å². The summed E-state index contributed by atoms with van der Waals surface area (Å²) in [7, 11) is 0. The van der Waals surface area contributed by atoms with Gasteiger partial charge in [0.05, 0.1) is 0 Å². The molecule has 0 saturated carbocycles. The first-order valence-electron chi connectivity index (χ1n) is 5.37. The molecule has 0 saturated heterocycles. The van der Waals surface area contributed by atoms with Crippen molar-refractivity contribution in [1.29, 1.82) is 0 Å². The Morgan fingerprint density at radius 1 is 1.44 bits per heavy atom. The SMILES string of the molecule is C=C(C)C(Cc1ccc(Cl)cc1Cl)NCC. The van der Waals surface area contributed by atoms with Crippen molar-refractivity contribution in [2.24, 2.45) is 0 Å². The van der Waals surface area contributed by atoms with Crippen molar-refractivity contribution in [3.8, 4) is 0 Å². The van der Waals surface area contributed by atoms with Crippen LogP contribution in [0.3, 0.4) is 0 Å². The third-order valence-electron chi connectivity index (χ3n) is 2.48. The smallest absolute Gasteiger partial charge is 0.0453 e. The molecule has 0 heterocycles. The molecular weight excluding hydrogens is 241 g/mol. The fourth-order valence-corrected chi connectivity index (χ4v) is 2.06. The van der Waals surface area contributed by atoms with Crippen LogP contribution in [0.2, 0.25) is 10.0 Å². The summed E-state index contributed by atoms with van der Waals surface area (Å²) in [5.74, 6) is 0. The minimum absolute atomic E-state index is 0.267. The lowest BCUT2D eigenvalue weighted by molar-refractivity contribution is 0.588. The molecule has 0 aliphatic carbocycles. The van der Waals surface area contributed by atoms with Crippen LogP contribution in [-0.2, 0) is 6.42 Å². The van der Waals surface area contributed by atoms with Gasteiger partial charge < -0.3 is 5.32 Å². The van der Waals surface area contributed by atoms with Crippen LogP contribution >= 0.6 is 23.2 Å². The normalized spacial score (nSPS) is 12.5. The zero-order chi connectivity index (χ0) is 12.1. The van der Waals surface area contributed by atoms with Crippen LogP contribution in [0.5, 0.6) is 0 Å². The largest absolute Gasteiger partial charge is 0.310 e. The van der Waals surface area contributed by atoms with E-state index in [1.165, 1.54) is 0 Å². The van der Waals surface area contributed by atoms with Crippen LogP contribution < -0.4 is 5.32 Å². The van der Waals surface area contributed by atoms with Crippen molar-refractivity contribution in [2.75, 3.05) is 6.54 Å². The lowest BCUT2D eigenvalue weighted by Crippen LogP contribution is -2.31. The molecule has 0 aliphatic rings. The molecule has 1 atom stereocenters. The van der Waals surface area contributed by atoms with Crippen molar-refractivity contribution in [1.82, 2.24) is 5.32 Å². The minimum Gasteiger partial charge on any atom is -0.310 e. The summed E-state index contributed by atoms with van der Waals surface area (Å²) in [4.78, 5) is 0. The average Bonchev–Trinajstić information content (AvgIpc) is 2.20. The van der Waals surface area contributed by atoms with Gasteiger partial charge in [-0.05, 0) is 37.6 Å². The molecule has 0 spiro atoms. The van der Waals surface area contributed by atoms with Crippen molar-refractivity contribution < 1.29 is 0 Å². The van der Waals surface area contributed by atoms with Crippen LogP contribution in [0.15, 0.2) is 30.4 Å². The van der Waals surface area contributed by atoms with Gasteiger partial charge in [0.1, 0.15) is 0 Å². The highest BCUT2D eigenvalue weighted by Crippen LogP contribution is 2.23. The first-order valence-corrected chi connectivity index (χ1v) is 6.13. The number of hydrogen-bond acceptors (Lipinski definition) is 1. The van der Waals surface area contributed by atoms with Gasteiger partial charge in [0, 0.05) is 16.1 Å². The summed E-state index contributed by atoms with van der Waals surface area (Å²) in [6.45, 7) is 9.01. The molecule has 0 aliphatic heterocycles. The quantitative estimate of drug-likeness (QED) is 0.784. The third kappa shape index (κ3) is 3.82. The Labute approximate surface area is 107 Å². The molecule has 16 heavy (non-hydrogen) atoms. The van der Waals surface area contributed by atoms with Gasteiger partial charge in [-0.1, -0.05) is 48.3 Å². The maximum atomic E-state index is 6.14. The van der Waals surface area contributed by atoms with Gasteiger partial charge in [0.15, 0.2) is 0 Å². The summed E-state index contributed by atoms with van der Waals surface area (Å²) in [6.07, 6.45) is 0.846. The van der Waals surface area contributed by atoms with Crippen LogP contribution in [-0.4, -0.2) is 12.6 Å². The second-order valence-electron chi connectivity index (χ2n) is 3.90. The van der Waals surface area contributed by atoms with Crippen LogP contribution in [0.1, 0.15) is 19.4 Å². The molecule has 1 aromatic rings. The lowest BCUT2D eigenvalue weighted by atomic mass is 10.0. The maximum Gasteiger partial charge on any atom is 0.0453 e. The number of halogens is 2. The predicted molar refractivity (Wildman–Crippen MR) is 72.4 cm³/mol. The summed E-state index contributed by atoms with van der Waals surface area (Å²) >= 11 is 12.0. The van der Waals surface area contributed by atoms with Crippen molar-refractivity contribution >= 4 is 23.2 Å². The Balaban J connectivity index is 2.81. The highest BCUT2D eigenvalue weighted by molar-refractivity contribution is 6.35. The van der Waals surface area contributed by atoms with Crippen LogP contribution in [0.25, 0.3) is 0 Å². The molecule has 0 aromatic heterocycles. The average molecular weight is 258 g/mol. The molecule has 1 nitrogen and oxygen atoms in total. The molecular formula is C13H17Cl2N. The number of rotatable bonds is 5. The fraction of sp³-hybridized carbons (Fsp3) is 0.385. The second-order valence-corrected chi connectivity index (χ2v) is 4.74. The summed E-state index contributed by atoms with van der Waals surface area (Å²) in [6, 6.07) is 5.88. The standard InChI is InChI=1S/C13H17Cl2N/c1-4-16-13(9(2)3)7-10-5-6-11(14)8-12(10)15/h5-6,8,13,16H,2,4,7H2,1,3H3. The fourth-order valence-electron chi connectivity index (χ4n) is 1.57. The van der Waals surface area contributed by atoms with E-state index in [2.05, 4.69) is 18.8 Å². The van der Waals surface area contributed by atoms with Gasteiger partial charge in [0.25, 0.3) is 0 Å². The van der Waals surface area contributed by atoms with Gasteiger partial charge in [-0.3, -0.25) is 0 Å². The van der Waals surface area contributed by atoms with E-state index >= 15 is 0 Å². The minimum atomic E-state index is 0.267. The van der Waals surface area contributed by atoms with E-state index < -0.39 is 0 Å². The van der Waals surface area contributed by atoms with Gasteiger partial charge in [0.2, 0.25) is 0 Å². The van der Waals surface area contributed by atoms with E-state index in [-0.39, 0.29) is 6.04 Å². The molecule has 0 amide bonds. The van der Waals surface area contributed by atoms with Gasteiger partial charge in [-0.25, -0.2) is 0 Å². The Kier molecular flexibility index (Phi) is 5.33. The molecule has 1 unspecified atom stereocenters. The Morgan fingerprint density at radius 2 is 2.12 bits per heavy atom. The Bertz CT molecular complexity index is 374. The molecule has 0 fully saturated rings. The third-order valence-corrected chi connectivity index (χ3v) is 3.07. The maximum absolute atomic E-state index is 6.14. The zero-order valence-electron chi connectivity index (χ0n) is 9.69. The zero-order valence-corrected chi connectivity index (χ0v) is 11.2. The molecule has 1 N–H and O–H groups in total. The molecule has 88 valence electrons. The molecule has 1 rings (SSSR count). The lowest BCUT2D eigenvalue weighted by Gasteiger charge is -2.18. The van der Waals surface area contributed by atoms with E-state index in [1.54, 1.807) is 6.07 Å². The van der Waals surface area contributed by atoms with Gasteiger partial charge >= 0.3 is 0 Å². The Hall–Kier alpha value is -0.500. The molecule has 1 aromatic carbocycles. The topological polar surface area (TPSA) is 12.0 Å². The van der Waals surface area contributed by atoms with Crippen LogP contribution in [0, 0.1) is 0 Å². The number of hydrogen-bond donors (Lipinski definition) is 1. The van der Waals surface area contributed by atoms with Gasteiger partial charge in [-0.2, -0.15) is 0 Å². The van der Waals surface area contributed by atoms with Gasteiger partial charge in [-0.15, -0.1) is 0 Å². The van der Waals surface area contributed by atoms with E-state index in [1.807, 2.05) is 19.1 Å². The van der Waals surface area contributed by atoms with E-state index in [4.69, 9.17) is 23.2 Å². The van der Waals surface area contributed by atoms with E-state index in [9.17, 15) is 0 Å².